The summed E-state index contributed by atoms with van der Waals surface area (Å²) < 4.78 is 0.739. The quantitative estimate of drug-likeness (QED) is 0.518. The van der Waals surface area contributed by atoms with Gasteiger partial charge in [0.05, 0.1) is 0 Å². The second-order valence-electron chi connectivity index (χ2n) is 4.01. The molecule has 0 bridgehead atoms. The Morgan fingerprint density at radius 3 is 2.93 bits per heavy atom. The highest BCUT2D eigenvalue weighted by atomic mass is 127. The molecule has 0 saturated carbocycles. The largest absolute Gasteiger partial charge is 0.0839 e. The highest BCUT2D eigenvalue weighted by Crippen LogP contribution is 2.25. The predicted molar refractivity (Wildman–Crippen MR) is 72.9 cm³/mol. The van der Waals surface area contributed by atoms with E-state index >= 15 is 0 Å². The molecule has 1 unspecified atom stereocenters. The lowest BCUT2D eigenvalue weighted by molar-refractivity contribution is 0.932. The van der Waals surface area contributed by atoms with Crippen LogP contribution in [0, 0.1) is 0 Å². The Balaban J connectivity index is 2.72. The molecule has 0 nitrogen and oxygen atoms in total. The highest BCUT2D eigenvalue weighted by Gasteiger charge is 2.06. The number of alkyl halides is 1. The molecule has 1 aliphatic rings. The first kappa shape index (κ1) is 12.0. The van der Waals surface area contributed by atoms with E-state index in [1.165, 1.54) is 30.4 Å². The van der Waals surface area contributed by atoms with Crippen molar-refractivity contribution in [2.24, 2.45) is 0 Å². The third-order valence-electron chi connectivity index (χ3n) is 2.63. The summed E-state index contributed by atoms with van der Waals surface area (Å²) in [6, 6.07) is 0. The normalized spacial score (nSPS) is 20.1. The van der Waals surface area contributed by atoms with Gasteiger partial charge in [-0.15, -0.1) is 0 Å². The van der Waals surface area contributed by atoms with Crippen LogP contribution < -0.4 is 0 Å². The summed E-state index contributed by atoms with van der Waals surface area (Å²) in [5.74, 6) is 0. The van der Waals surface area contributed by atoms with E-state index in [-0.39, 0.29) is 0 Å². The van der Waals surface area contributed by atoms with Gasteiger partial charge in [0.2, 0.25) is 0 Å². The van der Waals surface area contributed by atoms with Gasteiger partial charge < -0.3 is 0 Å². The summed E-state index contributed by atoms with van der Waals surface area (Å²) in [5.41, 5.74) is 4.49. The fraction of sp³-hybridized carbons (Fsp3) is 0.538. The van der Waals surface area contributed by atoms with Gasteiger partial charge in [-0.3, -0.25) is 0 Å². The van der Waals surface area contributed by atoms with Crippen LogP contribution in [0.1, 0.15) is 40.0 Å². The van der Waals surface area contributed by atoms with E-state index in [0.29, 0.717) is 0 Å². The first-order valence-electron chi connectivity index (χ1n) is 5.28. The molecule has 0 aromatic carbocycles. The Labute approximate surface area is 101 Å². The Bertz CT molecular complexity index is 280. The maximum Gasteiger partial charge on any atom is 0.0116 e. The minimum absolute atomic E-state index is 0.739. The lowest BCUT2D eigenvalue weighted by atomic mass is 9.92. The fourth-order valence-electron chi connectivity index (χ4n) is 1.76. The Hall–Kier alpha value is -0.0500. The molecule has 0 saturated heterocycles. The molecule has 1 aliphatic carbocycles. The SMILES string of the molecule is CC1=C(/C(C)=C/CC(C)I)CCC=C1. The average Bonchev–Trinajstić information content (AvgIpc) is 2.15. The van der Waals surface area contributed by atoms with Crippen LogP contribution in [-0.4, -0.2) is 3.92 Å². The number of hydrogen-bond acceptors (Lipinski definition) is 0. The molecule has 0 amide bonds. The van der Waals surface area contributed by atoms with Crippen LogP contribution in [0.4, 0.5) is 0 Å². The molecule has 0 fully saturated rings. The zero-order valence-electron chi connectivity index (χ0n) is 9.31. The fourth-order valence-corrected chi connectivity index (χ4v) is 2.01. The van der Waals surface area contributed by atoms with Crippen LogP contribution in [0.25, 0.3) is 0 Å². The third-order valence-corrected chi connectivity index (χ3v) is 3.14. The van der Waals surface area contributed by atoms with Gasteiger partial charge in [0, 0.05) is 3.92 Å². The maximum absolute atomic E-state index is 2.48. The van der Waals surface area contributed by atoms with Crippen molar-refractivity contribution >= 4 is 22.6 Å². The van der Waals surface area contributed by atoms with Crippen LogP contribution in [0.15, 0.2) is 34.9 Å². The zero-order valence-corrected chi connectivity index (χ0v) is 11.5. The molecule has 14 heavy (non-hydrogen) atoms. The summed E-state index contributed by atoms with van der Waals surface area (Å²) in [6.45, 7) is 6.72. The summed E-state index contributed by atoms with van der Waals surface area (Å²) >= 11 is 2.48. The molecule has 0 heterocycles. The molecule has 1 atom stereocenters. The van der Waals surface area contributed by atoms with Crippen LogP contribution in [0.5, 0.6) is 0 Å². The van der Waals surface area contributed by atoms with Gasteiger partial charge in [-0.2, -0.15) is 0 Å². The summed E-state index contributed by atoms with van der Waals surface area (Å²) in [5, 5.41) is 0. The summed E-state index contributed by atoms with van der Waals surface area (Å²) in [7, 11) is 0. The van der Waals surface area contributed by atoms with Crippen molar-refractivity contribution in [3.05, 3.63) is 34.9 Å². The second-order valence-corrected chi connectivity index (χ2v) is 6.13. The molecule has 0 aliphatic heterocycles. The topological polar surface area (TPSA) is 0 Å². The number of rotatable bonds is 3. The van der Waals surface area contributed by atoms with Crippen molar-refractivity contribution in [3.8, 4) is 0 Å². The molecule has 0 N–H and O–H groups in total. The molecule has 1 heteroatoms. The van der Waals surface area contributed by atoms with Crippen molar-refractivity contribution in [2.75, 3.05) is 0 Å². The Kier molecular flexibility index (Phi) is 4.93. The second kappa shape index (κ2) is 5.74. The van der Waals surface area contributed by atoms with E-state index in [9.17, 15) is 0 Å². The average molecular weight is 302 g/mol. The van der Waals surface area contributed by atoms with Gasteiger partial charge in [0.25, 0.3) is 0 Å². The van der Waals surface area contributed by atoms with Crippen LogP contribution in [0.3, 0.4) is 0 Å². The van der Waals surface area contributed by atoms with Gasteiger partial charge in [-0.25, -0.2) is 0 Å². The molecule has 1 rings (SSSR count). The first-order valence-corrected chi connectivity index (χ1v) is 6.53. The lowest BCUT2D eigenvalue weighted by Gasteiger charge is -2.14. The van der Waals surface area contributed by atoms with Crippen LogP contribution in [0.2, 0.25) is 0 Å². The Morgan fingerprint density at radius 2 is 2.36 bits per heavy atom. The first-order chi connectivity index (χ1) is 6.61. The van der Waals surface area contributed by atoms with Crippen LogP contribution >= 0.6 is 22.6 Å². The minimum Gasteiger partial charge on any atom is -0.0839 e. The minimum atomic E-state index is 0.739. The van der Waals surface area contributed by atoms with Crippen molar-refractivity contribution in [3.63, 3.8) is 0 Å². The van der Waals surface area contributed by atoms with E-state index in [0.717, 1.165) is 3.92 Å². The standard InChI is InChI=1S/C13H19I/c1-10-6-4-5-7-13(10)11(2)8-9-12(3)14/h4,6,8,12H,5,7,9H2,1-3H3/b11-8+. The smallest absolute Gasteiger partial charge is 0.0116 e. The molecular formula is C13H19I. The predicted octanol–water partition coefficient (Wildman–Crippen LogP) is 4.81. The van der Waals surface area contributed by atoms with Gasteiger partial charge in [-0.1, -0.05) is 53.3 Å². The maximum atomic E-state index is 2.48. The molecule has 0 aromatic heterocycles. The summed E-state index contributed by atoms with van der Waals surface area (Å²) in [6.07, 6.45) is 10.5. The molecule has 0 radical (unpaired) electrons. The van der Waals surface area contributed by atoms with E-state index in [1.807, 2.05) is 0 Å². The van der Waals surface area contributed by atoms with Crippen molar-refractivity contribution in [2.45, 2.75) is 44.0 Å². The van der Waals surface area contributed by atoms with E-state index in [1.54, 1.807) is 5.57 Å². The number of halogens is 1. The lowest BCUT2D eigenvalue weighted by Crippen LogP contribution is -1.95. The number of allylic oxidation sites excluding steroid dienone is 6. The highest BCUT2D eigenvalue weighted by molar-refractivity contribution is 14.1. The zero-order chi connectivity index (χ0) is 10.6. The molecule has 0 aromatic rings. The molecule has 78 valence electrons. The number of hydrogen-bond donors (Lipinski definition) is 0. The van der Waals surface area contributed by atoms with E-state index in [2.05, 4.69) is 61.6 Å². The van der Waals surface area contributed by atoms with Crippen molar-refractivity contribution < 1.29 is 0 Å². The van der Waals surface area contributed by atoms with Gasteiger partial charge >= 0.3 is 0 Å². The third kappa shape index (κ3) is 3.60. The summed E-state index contributed by atoms with van der Waals surface area (Å²) in [4.78, 5) is 0. The molecule has 0 spiro atoms. The van der Waals surface area contributed by atoms with Crippen molar-refractivity contribution in [1.82, 2.24) is 0 Å². The van der Waals surface area contributed by atoms with Crippen molar-refractivity contribution in [1.29, 1.82) is 0 Å². The van der Waals surface area contributed by atoms with Gasteiger partial charge in [0.1, 0.15) is 0 Å². The van der Waals surface area contributed by atoms with Crippen LogP contribution in [-0.2, 0) is 0 Å². The Morgan fingerprint density at radius 1 is 1.64 bits per heavy atom. The molecular weight excluding hydrogens is 283 g/mol. The van der Waals surface area contributed by atoms with E-state index < -0.39 is 0 Å². The van der Waals surface area contributed by atoms with E-state index in [4.69, 9.17) is 0 Å². The monoisotopic (exact) mass is 302 g/mol. The van der Waals surface area contributed by atoms with Gasteiger partial charge in [-0.05, 0) is 44.3 Å². The van der Waals surface area contributed by atoms with Gasteiger partial charge in [0.15, 0.2) is 0 Å².